The third kappa shape index (κ3) is 2.01. The zero-order chi connectivity index (χ0) is 13.8. The Labute approximate surface area is 121 Å². The number of rotatable bonds is 2. The predicted octanol–water partition coefficient (Wildman–Crippen LogP) is 4.74. The maximum absolute atomic E-state index is 6.25. The summed E-state index contributed by atoms with van der Waals surface area (Å²) in [6.07, 6.45) is 1.06. The van der Waals surface area contributed by atoms with Crippen LogP contribution in [0, 0.1) is 5.41 Å². The van der Waals surface area contributed by atoms with Gasteiger partial charge in [-0.25, -0.2) is 0 Å². The third-order valence-corrected chi connectivity index (χ3v) is 4.43. The summed E-state index contributed by atoms with van der Waals surface area (Å²) in [7, 11) is 0. The van der Waals surface area contributed by atoms with Crippen molar-refractivity contribution in [2.24, 2.45) is 5.41 Å². The Bertz CT molecular complexity index is 629. The third-order valence-electron chi connectivity index (χ3n) is 3.80. The van der Waals surface area contributed by atoms with E-state index in [1.807, 2.05) is 0 Å². The summed E-state index contributed by atoms with van der Waals surface area (Å²) in [6, 6.07) is 5.38. The molecule has 0 bridgehead atoms. The molecule has 2 aromatic rings. The molecular formula is C14H14Cl2N2O. The maximum atomic E-state index is 6.25. The minimum atomic E-state index is 0.228. The summed E-state index contributed by atoms with van der Waals surface area (Å²) < 4.78 is 5.17. The van der Waals surface area contributed by atoms with E-state index in [-0.39, 0.29) is 11.3 Å². The fourth-order valence-electron chi connectivity index (χ4n) is 2.48. The molecule has 0 radical (unpaired) electrons. The van der Waals surface area contributed by atoms with E-state index in [2.05, 4.69) is 19.0 Å². The number of nitrogens with two attached hydrogens (primary N) is 1. The first-order valence-corrected chi connectivity index (χ1v) is 6.87. The van der Waals surface area contributed by atoms with Gasteiger partial charge in [0.15, 0.2) is 0 Å². The fraction of sp³-hybridized carbons (Fsp3) is 0.357. The lowest BCUT2D eigenvalue weighted by atomic mass is 9.99. The standard InChI is InChI=1S/C14H14Cl2N2O/c1-14(2)6-7(14)12-11(13(17)19-18-12)10-8(15)4-3-5-9(10)16/h3-5,7H,6,17H2,1-2H3. The van der Waals surface area contributed by atoms with Gasteiger partial charge in [-0.2, -0.15) is 0 Å². The molecule has 2 N–H and O–H groups in total. The van der Waals surface area contributed by atoms with Gasteiger partial charge in [0.2, 0.25) is 5.88 Å². The van der Waals surface area contributed by atoms with Gasteiger partial charge in [-0.3, -0.25) is 0 Å². The summed E-state index contributed by atoms with van der Waals surface area (Å²) in [4.78, 5) is 0. The van der Waals surface area contributed by atoms with Crippen molar-refractivity contribution in [2.45, 2.75) is 26.2 Å². The van der Waals surface area contributed by atoms with E-state index < -0.39 is 0 Å². The molecule has 19 heavy (non-hydrogen) atoms. The van der Waals surface area contributed by atoms with Crippen LogP contribution >= 0.6 is 23.2 Å². The Hall–Kier alpha value is -1.19. The number of aromatic nitrogens is 1. The SMILES string of the molecule is CC1(C)CC1c1noc(N)c1-c1c(Cl)cccc1Cl. The highest BCUT2D eigenvalue weighted by Crippen LogP contribution is 2.61. The summed E-state index contributed by atoms with van der Waals surface area (Å²) >= 11 is 12.5. The Morgan fingerprint density at radius 2 is 1.84 bits per heavy atom. The molecule has 100 valence electrons. The largest absolute Gasteiger partial charge is 0.367 e. The Kier molecular flexibility index (Phi) is 2.80. The summed E-state index contributed by atoms with van der Waals surface area (Å²) in [6.45, 7) is 4.39. The summed E-state index contributed by atoms with van der Waals surface area (Å²) in [5, 5.41) is 5.23. The van der Waals surface area contributed by atoms with Crippen LogP contribution < -0.4 is 5.73 Å². The molecule has 5 heteroatoms. The number of nitrogen functional groups attached to an aromatic ring is 1. The van der Waals surface area contributed by atoms with Crippen LogP contribution in [0.25, 0.3) is 11.1 Å². The smallest absolute Gasteiger partial charge is 0.230 e. The molecule has 1 aliphatic rings. The first-order valence-electron chi connectivity index (χ1n) is 6.11. The molecular weight excluding hydrogens is 283 g/mol. The molecule has 0 amide bonds. The van der Waals surface area contributed by atoms with Crippen molar-refractivity contribution >= 4 is 29.1 Å². The van der Waals surface area contributed by atoms with Crippen LogP contribution in [0.4, 0.5) is 5.88 Å². The quantitative estimate of drug-likeness (QED) is 0.870. The van der Waals surface area contributed by atoms with E-state index in [0.717, 1.165) is 17.7 Å². The van der Waals surface area contributed by atoms with E-state index >= 15 is 0 Å². The van der Waals surface area contributed by atoms with Crippen molar-refractivity contribution in [2.75, 3.05) is 5.73 Å². The van der Waals surface area contributed by atoms with Crippen LogP contribution in [-0.2, 0) is 0 Å². The van der Waals surface area contributed by atoms with Crippen LogP contribution in [0.3, 0.4) is 0 Å². The minimum Gasteiger partial charge on any atom is -0.367 e. The van der Waals surface area contributed by atoms with Crippen molar-refractivity contribution in [1.29, 1.82) is 0 Å². The van der Waals surface area contributed by atoms with Gasteiger partial charge in [0.05, 0.1) is 21.3 Å². The molecule has 1 unspecified atom stereocenters. The van der Waals surface area contributed by atoms with Gasteiger partial charge in [-0.05, 0) is 24.0 Å². The van der Waals surface area contributed by atoms with Gasteiger partial charge in [0.1, 0.15) is 0 Å². The van der Waals surface area contributed by atoms with E-state index in [1.165, 1.54) is 0 Å². The normalized spacial score (nSPS) is 20.5. The van der Waals surface area contributed by atoms with Crippen molar-refractivity contribution < 1.29 is 4.52 Å². The molecule has 1 heterocycles. The van der Waals surface area contributed by atoms with Crippen molar-refractivity contribution in [3.8, 4) is 11.1 Å². The van der Waals surface area contributed by atoms with Crippen LogP contribution in [-0.4, -0.2) is 5.16 Å². The second kappa shape index (κ2) is 4.15. The number of benzene rings is 1. The number of anilines is 1. The highest BCUT2D eigenvalue weighted by atomic mass is 35.5. The molecule has 1 fully saturated rings. The van der Waals surface area contributed by atoms with Crippen LogP contribution in [0.1, 0.15) is 31.9 Å². The van der Waals surface area contributed by atoms with Gasteiger partial charge < -0.3 is 10.3 Å². The number of hydrogen-bond donors (Lipinski definition) is 1. The van der Waals surface area contributed by atoms with Gasteiger partial charge in [-0.15, -0.1) is 0 Å². The maximum Gasteiger partial charge on any atom is 0.230 e. The molecule has 0 aliphatic heterocycles. The second-order valence-electron chi connectivity index (χ2n) is 5.65. The first kappa shape index (κ1) is 12.8. The molecule has 3 nitrogen and oxygen atoms in total. The lowest BCUT2D eigenvalue weighted by molar-refractivity contribution is 0.424. The lowest BCUT2D eigenvalue weighted by Crippen LogP contribution is -1.95. The fourth-order valence-corrected chi connectivity index (χ4v) is 3.06. The Balaban J connectivity index is 2.18. The van der Waals surface area contributed by atoms with E-state index in [9.17, 15) is 0 Å². The topological polar surface area (TPSA) is 52.0 Å². The van der Waals surface area contributed by atoms with Gasteiger partial charge in [-0.1, -0.05) is 48.3 Å². The zero-order valence-corrected chi connectivity index (χ0v) is 12.2. The number of hydrogen-bond acceptors (Lipinski definition) is 3. The molecule has 0 spiro atoms. The van der Waals surface area contributed by atoms with Gasteiger partial charge in [0.25, 0.3) is 0 Å². The molecule has 1 aliphatic carbocycles. The monoisotopic (exact) mass is 296 g/mol. The van der Waals surface area contributed by atoms with E-state index in [1.54, 1.807) is 18.2 Å². The average molecular weight is 297 g/mol. The Morgan fingerprint density at radius 1 is 1.26 bits per heavy atom. The lowest BCUT2D eigenvalue weighted by Gasteiger charge is -2.08. The second-order valence-corrected chi connectivity index (χ2v) is 6.46. The van der Waals surface area contributed by atoms with Crippen molar-refractivity contribution in [3.63, 3.8) is 0 Å². The van der Waals surface area contributed by atoms with Crippen LogP contribution in [0.15, 0.2) is 22.7 Å². The first-order chi connectivity index (χ1) is 8.92. The molecule has 3 rings (SSSR count). The average Bonchev–Trinajstić information content (AvgIpc) is 2.78. The van der Waals surface area contributed by atoms with Crippen molar-refractivity contribution in [1.82, 2.24) is 5.16 Å². The molecule has 1 atom stereocenters. The van der Waals surface area contributed by atoms with E-state index in [4.69, 9.17) is 33.5 Å². The number of nitrogens with zero attached hydrogens (tertiary/aromatic N) is 1. The Morgan fingerprint density at radius 3 is 2.37 bits per heavy atom. The highest BCUT2D eigenvalue weighted by Gasteiger charge is 2.50. The minimum absolute atomic E-state index is 0.228. The van der Waals surface area contributed by atoms with Crippen LogP contribution in [0.5, 0.6) is 0 Å². The summed E-state index contributed by atoms with van der Waals surface area (Å²) in [5.41, 5.74) is 8.46. The van der Waals surface area contributed by atoms with Gasteiger partial charge >= 0.3 is 0 Å². The van der Waals surface area contributed by atoms with Crippen LogP contribution in [0.2, 0.25) is 10.0 Å². The zero-order valence-electron chi connectivity index (χ0n) is 10.7. The summed E-state index contributed by atoms with van der Waals surface area (Å²) in [5.74, 6) is 0.614. The molecule has 0 saturated heterocycles. The highest BCUT2D eigenvalue weighted by molar-refractivity contribution is 6.39. The number of halogens is 2. The van der Waals surface area contributed by atoms with Gasteiger partial charge in [0, 0.05) is 11.5 Å². The molecule has 1 saturated carbocycles. The van der Waals surface area contributed by atoms with Crippen molar-refractivity contribution in [3.05, 3.63) is 33.9 Å². The molecule has 1 aromatic heterocycles. The molecule has 1 aromatic carbocycles. The predicted molar refractivity (Wildman–Crippen MR) is 77.5 cm³/mol. The van der Waals surface area contributed by atoms with E-state index in [0.29, 0.717) is 21.5 Å².